The third kappa shape index (κ3) is 4.18. The van der Waals surface area contributed by atoms with Crippen LogP contribution in [0.25, 0.3) is 0 Å². The highest BCUT2D eigenvalue weighted by atomic mass is 16.5. The van der Waals surface area contributed by atoms with Crippen molar-refractivity contribution >= 4 is 11.7 Å². The van der Waals surface area contributed by atoms with Crippen molar-refractivity contribution in [2.75, 3.05) is 25.6 Å². The number of aliphatic hydroxyl groups is 1. The Kier molecular flexibility index (Phi) is 5.15. The van der Waals surface area contributed by atoms with Gasteiger partial charge in [-0.05, 0) is 12.1 Å². The monoisotopic (exact) mass is 225 g/mol. The van der Waals surface area contributed by atoms with Crippen LogP contribution in [0.2, 0.25) is 0 Å². The van der Waals surface area contributed by atoms with Crippen LogP contribution < -0.4 is 10.5 Å². The van der Waals surface area contributed by atoms with E-state index in [1.54, 1.807) is 24.3 Å². The van der Waals surface area contributed by atoms with Crippen molar-refractivity contribution < 1.29 is 19.4 Å². The topological polar surface area (TPSA) is 81.8 Å². The van der Waals surface area contributed by atoms with Crippen LogP contribution in [0, 0.1) is 0 Å². The molecule has 0 heterocycles. The third-order valence-electron chi connectivity index (χ3n) is 1.84. The summed E-state index contributed by atoms with van der Waals surface area (Å²) in [5.41, 5.74) is 6.18. The van der Waals surface area contributed by atoms with Crippen LogP contribution in [0.4, 0.5) is 5.69 Å². The molecule has 5 nitrogen and oxygen atoms in total. The maximum absolute atomic E-state index is 11.0. The van der Waals surface area contributed by atoms with Gasteiger partial charge in [0.15, 0.2) is 0 Å². The summed E-state index contributed by atoms with van der Waals surface area (Å²) in [7, 11) is 0. The average Bonchev–Trinajstić information content (AvgIpc) is 2.29. The molecule has 0 amide bonds. The van der Waals surface area contributed by atoms with Gasteiger partial charge in [0.1, 0.15) is 12.4 Å². The van der Waals surface area contributed by atoms with Gasteiger partial charge in [0.05, 0.1) is 25.3 Å². The number of nitrogens with two attached hydrogens (primary N) is 1. The summed E-state index contributed by atoms with van der Waals surface area (Å²) in [4.78, 5) is 11.0. The molecule has 1 aromatic carbocycles. The lowest BCUT2D eigenvalue weighted by Gasteiger charge is -2.08. The first-order chi connectivity index (χ1) is 7.74. The van der Waals surface area contributed by atoms with Gasteiger partial charge in [-0.3, -0.25) is 4.79 Å². The van der Waals surface area contributed by atoms with E-state index in [0.717, 1.165) is 0 Å². The number of nitrogen functional groups attached to an aromatic ring is 1. The van der Waals surface area contributed by atoms with Gasteiger partial charge < -0.3 is 20.3 Å². The number of aliphatic hydroxyl groups excluding tert-OH is 1. The quantitative estimate of drug-likeness (QED) is 0.546. The van der Waals surface area contributed by atoms with E-state index in [-0.39, 0.29) is 26.2 Å². The minimum Gasteiger partial charge on any atom is -0.491 e. The van der Waals surface area contributed by atoms with Crippen molar-refractivity contribution in [3.63, 3.8) is 0 Å². The Hall–Kier alpha value is -1.75. The second-order valence-electron chi connectivity index (χ2n) is 3.08. The van der Waals surface area contributed by atoms with Gasteiger partial charge in [0.25, 0.3) is 0 Å². The largest absolute Gasteiger partial charge is 0.491 e. The highest BCUT2D eigenvalue weighted by molar-refractivity contribution is 5.69. The Morgan fingerprint density at radius 2 is 2.06 bits per heavy atom. The van der Waals surface area contributed by atoms with Crippen molar-refractivity contribution in [3.05, 3.63) is 24.3 Å². The number of anilines is 1. The zero-order chi connectivity index (χ0) is 11.8. The molecule has 0 spiro atoms. The lowest BCUT2D eigenvalue weighted by Crippen LogP contribution is -2.12. The SMILES string of the molecule is Nc1ccccc1OCCC(=O)OCCO. The fourth-order valence-electron chi connectivity index (χ4n) is 1.09. The molecule has 0 fully saturated rings. The third-order valence-corrected chi connectivity index (χ3v) is 1.84. The fraction of sp³-hybridized carbons (Fsp3) is 0.364. The summed E-state index contributed by atoms with van der Waals surface area (Å²) in [5, 5.41) is 8.43. The minimum absolute atomic E-state index is 0.0201. The highest BCUT2D eigenvalue weighted by Crippen LogP contribution is 2.19. The van der Waals surface area contributed by atoms with Gasteiger partial charge in [0, 0.05) is 0 Å². The molecule has 5 heteroatoms. The zero-order valence-corrected chi connectivity index (χ0v) is 8.89. The number of para-hydroxylation sites is 2. The predicted octanol–water partition coefficient (Wildman–Crippen LogP) is 0.573. The van der Waals surface area contributed by atoms with E-state index in [4.69, 9.17) is 15.6 Å². The highest BCUT2D eigenvalue weighted by Gasteiger charge is 2.04. The van der Waals surface area contributed by atoms with Crippen LogP contribution in [-0.4, -0.2) is 30.9 Å². The first-order valence-corrected chi connectivity index (χ1v) is 4.98. The summed E-state index contributed by atoms with van der Waals surface area (Å²) in [6.07, 6.45) is 0.133. The fourth-order valence-corrected chi connectivity index (χ4v) is 1.09. The predicted molar refractivity (Wildman–Crippen MR) is 59.0 cm³/mol. The molecular formula is C11H15NO4. The summed E-state index contributed by atoms with van der Waals surface area (Å²) in [6, 6.07) is 7.06. The van der Waals surface area contributed by atoms with Crippen molar-refractivity contribution in [1.29, 1.82) is 0 Å². The molecule has 0 aliphatic carbocycles. The molecular weight excluding hydrogens is 210 g/mol. The maximum Gasteiger partial charge on any atom is 0.309 e. The molecule has 88 valence electrons. The van der Waals surface area contributed by atoms with Crippen LogP contribution in [0.3, 0.4) is 0 Å². The Labute approximate surface area is 93.8 Å². The summed E-state index contributed by atoms with van der Waals surface area (Å²) < 4.78 is 9.96. The van der Waals surface area contributed by atoms with Gasteiger partial charge in [0.2, 0.25) is 0 Å². The molecule has 16 heavy (non-hydrogen) atoms. The average molecular weight is 225 g/mol. The first-order valence-electron chi connectivity index (χ1n) is 4.98. The van der Waals surface area contributed by atoms with Crippen LogP contribution >= 0.6 is 0 Å². The minimum atomic E-state index is -0.399. The van der Waals surface area contributed by atoms with Crippen molar-refractivity contribution in [3.8, 4) is 5.75 Å². The molecule has 1 rings (SSSR count). The number of benzene rings is 1. The van der Waals surface area contributed by atoms with Crippen molar-refractivity contribution in [2.24, 2.45) is 0 Å². The first kappa shape index (κ1) is 12.3. The lowest BCUT2D eigenvalue weighted by molar-refractivity contribution is -0.145. The number of ether oxygens (including phenoxy) is 2. The van der Waals surface area contributed by atoms with E-state index in [1.165, 1.54) is 0 Å². The van der Waals surface area contributed by atoms with Crippen LogP contribution in [0.1, 0.15) is 6.42 Å². The second kappa shape index (κ2) is 6.68. The molecule has 0 bridgehead atoms. The molecule has 0 radical (unpaired) electrons. The number of hydrogen-bond donors (Lipinski definition) is 2. The van der Waals surface area contributed by atoms with Gasteiger partial charge in [-0.2, -0.15) is 0 Å². The maximum atomic E-state index is 11.0. The van der Waals surface area contributed by atoms with Crippen molar-refractivity contribution in [2.45, 2.75) is 6.42 Å². The van der Waals surface area contributed by atoms with E-state index in [1.807, 2.05) is 0 Å². The summed E-state index contributed by atoms with van der Waals surface area (Å²) in [5.74, 6) is 0.154. The molecule has 0 atom stereocenters. The Bertz CT molecular complexity index is 341. The van der Waals surface area contributed by atoms with Gasteiger partial charge in [-0.1, -0.05) is 12.1 Å². The zero-order valence-electron chi connectivity index (χ0n) is 8.89. The van der Waals surface area contributed by atoms with Gasteiger partial charge in [-0.25, -0.2) is 0 Å². The van der Waals surface area contributed by atoms with Gasteiger partial charge >= 0.3 is 5.97 Å². The normalized spacial score (nSPS) is 9.81. The molecule has 1 aromatic rings. The van der Waals surface area contributed by atoms with Crippen LogP contribution in [0.15, 0.2) is 24.3 Å². The number of hydrogen-bond acceptors (Lipinski definition) is 5. The van der Waals surface area contributed by atoms with E-state index < -0.39 is 5.97 Å². The second-order valence-corrected chi connectivity index (χ2v) is 3.08. The summed E-state index contributed by atoms with van der Waals surface area (Å²) >= 11 is 0. The molecule has 3 N–H and O–H groups in total. The molecule has 0 aliphatic rings. The number of carbonyl (C=O) groups excluding carboxylic acids is 1. The van der Waals surface area contributed by atoms with Gasteiger partial charge in [-0.15, -0.1) is 0 Å². The number of esters is 1. The van der Waals surface area contributed by atoms with Crippen molar-refractivity contribution in [1.82, 2.24) is 0 Å². The van der Waals surface area contributed by atoms with Crippen LogP contribution in [-0.2, 0) is 9.53 Å². The molecule has 0 aromatic heterocycles. The standard InChI is InChI=1S/C11H15NO4/c12-9-3-1-2-4-10(9)15-7-5-11(14)16-8-6-13/h1-4,13H,5-8,12H2. The number of carbonyl (C=O) groups is 1. The smallest absolute Gasteiger partial charge is 0.309 e. The summed E-state index contributed by atoms with van der Waals surface area (Å²) in [6.45, 7) is 0.0585. The molecule has 0 unspecified atom stereocenters. The van der Waals surface area contributed by atoms with E-state index in [0.29, 0.717) is 11.4 Å². The lowest BCUT2D eigenvalue weighted by atomic mass is 10.3. The Morgan fingerprint density at radius 3 is 2.75 bits per heavy atom. The Morgan fingerprint density at radius 1 is 1.31 bits per heavy atom. The molecule has 0 saturated heterocycles. The Balaban J connectivity index is 2.25. The van der Waals surface area contributed by atoms with Crippen LogP contribution in [0.5, 0.6) is 5.75 Å². The molecule has 0 saturated carbocycles. The molecule has 0 aliphatic heterocycles. The van der Waals surface area contributed by atoms with E-state index >= 15 is 0 Å². The van der Waals surface area contributed by atoms with E-state index in [2.05, 4.69) is 4.74 Å². The van der Waals surface area contributed by atoms with E-state index in [9.17, 15) is 4.79 Å². The number of rotatable bonds is 6.